The summed E-state index contributed by atoms with van der Waals surface area (Å²) in [6.07, 6.45) is 0. The maximum absolute atomic E-state index is 12.4. The van der Waals surface area contributed by atoms with Crippen molar-refractivity contribution in [1.82, 2.24) is 79.8 Å². The number of carbonyl (C=O) groups excluding carboxylic acids is 15. The van der Waals surface area contributed by atoms with Gasteiger partial charge in [0.2, 0.25) is 88.6 Å². The molecular weight excluding hydrogens is 964 g/mol. The molecule has 0 aliphatic heterocycles. The first-order valence-corrected chi connectivity index (χ1v) is 20.4. The summed E-state index contributed by atoms with van der Waals surface area (Å²) in [6.45, 7) is -11.2. The van der Waals surface area contributed by atoms with Crippen molar-refractivity contribution in [3.63, 3.8) is 0 Å². The van der Waals surface area contributed by atoms with Gasteiger partial charge in [-0.1, -0.05) is 0 Å². The molecule has 0 heterocycles. The maximum Gasteiger partial charge on any atom is 0.328 e. The van der Waals surface area contributed by atoms with Crippen LogP contribution in [0.1, 0.15) is 0 Å². The lowest BCUT2D eigenvalue weighted by Gasteiger charge is -2.16. The van der Waals surface area contributed by atoms with Crippen LogP contribution in [0.4, 0.5) is 0 Å². The Balaban J connectivity index is 4.37. The third-order valence-corrected chi connectivity index (χ3v) is 7.98. The normalized spacial score (nSPS) is 11.4. The number of nitrogens with one attached hydrogen (secondary N) is 15. The van der Waals surface area contributed by atoms with Crippen molar-refractivity contribution in [2.45, 2.75) is 18.1 Å². The van der Waals surface area contributed by atoms with E-state index in [4.69, 9.17) is 15.9 Å². The fourth-order valence-electron chi connectivity index (χ4n) is 4.31. The van der Waals surface area contributed by atoms with Gasteiger partial charge in [0.1, 0.15) is 18.1 Å². The monoisotopic (exact) mass is 1020 g/mol. The molecule has 0 fully saturated rings. The van der Waals surface area contributed by atoms with Crippen molar-refractivity contribution < 1.29 is 97.1 Å². The Labute approximate surface area is 399 Å². The lowest BCUT2D eigenvalue weighted by atomic mass is 10.3. The number of hydrogen-bond acceptors (Lipinski definition) is 20. The van der Waals surface area contributed by atoms with Crippen LogP contribution in [0.15, 0.2) is 0 Å². The molecule has 36 nitrogen and oxygen atoms in total. The summed E-state index contributed by atoms with van der Waals surface area (Å²) < 4.78 is 0. The molecule has 0 bridgehead atoms. The molecule has 0 saturated heterocycles. The average molecular weight is 1020 g/mol. The van der Waals surface area contributed by atoms with Crippen LogP contribution in [-0.2, 0) is 76.7 Å². The molecule has 0 aliphatic rings. The van der Waals surface area contributed by atoms with E-state index in [1.165, 1.54) is 0 Å². The maximum atomic E-state index is 12.4. The van der Waals surface area contributed by atoms with Gasteiger partial charge in [-0.25, -0.2) is 4.79 Å². The Bertz CT molecular complexity index is 1970. The van der Waals surface area contributed by atoms with Crippen molar-refractivity contribution in [1.29, 1.82) is 0 Å². The van der Waals surface area contributed by atoms with E-state index in [0.29, 0.717) is 0 Å². The van der Waals surface area contributed by atoms with Crippen LogP contribution < -0.4 is 85.5 Å². The van der Waals surface area contributed by atoms with E-state index in [9.17, 15) is 86.9 Å². The minimum absolute atomic E-state index is 0.345. The summed E-state index contributed by atoms with van der Waals surface area (Å²) in [7, 11) is 0. The van der Waals surface area contributed by atoms with Crippen molar-refractivity contribution in [2.24, 2.45) is 5.73 Å². The first-order valence-electron chi connectivity index (χ1n) is 20.4. The molecule has 0 aromatic carbocycles. The number of hydrogen-bond donors (Lipinski definition) is 20. The van der Waals surface area contributed by atoms with Gasteiger partial charge in [0, 0.05) is 0 Å². The van der Waals surface area contributed by atoms with Gasteiger partial charge in [0.15, 0.2) is 0 Å². The standard InChI is InChI=1S/C35H56N16O20/c36-1-20(55)37-2-21(56)38-3-22(57)39-6-25(60)44-11-30(65)49-17(14-52)33(68)47-9-28(63)42-4-23(58)40-7-26(61)45-12-31(66)50-18(15-53)34(69)48-10-29(64)43-5-24(59)41-8-27(62)46-13-32(67)51-19(16-54)35(70)71/h17-19,52-54H,1-16,36H2,(H,37,55)(H,38,56)(H,39,57)(H,40,58)(H,41,59)(H,42,63)(H,43,64)(H,44,60)(H,45,61)(H,46,62)(H,47,68)(H,48,69)(H,49,65)(H,50,66)(H,51,67)(H,70,71)/t17-,18-,19-/m0/s1. The number of amides is 15. The predicted molar refractivity (Wildman–Crippen MR) is 230 cm³/mol. The number of nitrogens with two attached hydrogens (primary N) is 1. The molecule has 0 spiro atoms. The zero-order valence-corrected chi connectivity index (χ0v) is 37.4. The van der Waals surface area contributed by atoms with Gasteiger partial charge in [-0.05, 0) is 0 Å². The molecule has 0 aromatic heterocycles. The van der Waals surface area contributed by atoms with E-state index in [2.05, 4.69) is 74.4 Å². The number of aliphatic hydroxyl groups is 3. The van der Waals surface area contributed by atoms with Crippen molar-refractivity contribution in [3.05, 3.63) is 0 Å². The van der Waals surface area contributed by atoms with Gasteiger partial charge in [-0.3, -0.25) is 71.9 Å². The first-order chi connectivity index (χ1) is 33.5. The first kappa shape index (κ1) is 62.4. The number of carbonyl (C=O) groups is 16. The number of carboxylic acid groups (broad SMARTS) is 1. The molecule has 0 unspecified atom stereocenters. The van der Waals surface area contributed by atoms with Crippen LogP contribution in [0.3, 0.4) is 0 Å². The largest absolute Gasteiger partial charge is 0.480 e. The highest BCUT2D eigenvalue weighted by molar-refractivity contribution is 5.96. The second kappa shape index (κ2) is 35.5. The Morgan fingerprint density at radius 1 is 0.282 bits per heavy atom. The van der Waals surface area contributed by atoms with Gasteiger partial charge < -0.3 is 106 Å². The number of aliphatic hydroxyl groups excluding tert-OH is 3. The summed E-state index contributed by atoms with van der Waals surface area (Å²) in [4.78, 5) is 190. The average Bonchev–Trinajstić information content (AvgIpc) is 3.34. The Morgan fingerprint density at radius 3 is 0.662 bits per heavy atom. The van der Waals surface area contributed by atoms with Crippen molar-refractivity contribution in [3.8, 4) is 0 Å². The summed E-state index contributed by atoms with van der Waals surface area (Å²) in [6, 6.07) is -4.81. The molecule has 21 N–H and O–H groups in total. The van der Waals surface area contributed by atoms with Crippen LogP contribution in [0.25, 0.3) is 0 Å². The molecule has 3 atom stereocenters. The van der Waals surface area contributed by atoms with Crippen LogP contribution in [0.5, 0.6) is 0 Å². The molecule has 0 aromatic rings. The quantitative estimate of drug-likeness (QED) is 0.0285. The number of aliphatic carboxylic acids is 1. The Morgan fingerprint density at radius 2 is 0.465 bits per heavy atom. The molecular formula is C35H56N16O20. The molecule has 0 radical (unpaired) electrons. The molecule has 0 aliphatic carbocycles. The minimum Gasteiger partial charge on any atom is -0.480 e. The molecule has 36 heteroatoms. The van der Waals surface area contributed by atoms with Gasteiger partial charge >= 0.3 is 5.97 Å². The van der Waals surface area contributed by atoms with E-state index < -0.39 is 211 Å². The highest BCUT2D eigenvalue weighted by Crippen LogP contribution is 1.87. The van der Waals surface area contributed by atoms with E-state index in [1.54, 1.807) is 0 Å². The molecule has 0 rings (SSSR count). The third kappa shape index (κ3) is 31.1. The molecule has 15 amide bonds. The topological polar surface area (TPSA) is 561 Å². The minimum atomic E-state index is -1.62. The van der Waals surface area contributed by atoms with Crippen LogP contribution in [-0.4, -0.2) is 238 Å². The van der Waals surface area contributed by atoms with Crippen LogP contribution in [0, 0.1) is 0 Å². The van der Waals surface area contributed by atoms with Gasteiger partial charge in [-0.15, -0.1) is 0 Å². The van der Waals surface area contributed by atoms with E-state index >= 15 is 0 Å². The second-order valence-electron chi connectivity index (χ2n) is 13.7. The van der Waals surface area contributed by atoms with Gasteiger partial charge in [0.25, 0.3) is 0 Å². The number of rotatable bonds is 34. The molecule has 71 heavy (non-hydrogen) atoms. The molecule has 0 saturated carbocycles. The lowest BCUT2D eigenvalue weighted by Crippen LogP contribution is -2.53. The predicted octanol–water partition coefficient (Wildman–Crippen LogP) is -16.1. The summed E-state index contributed by atoms with van der Waals surface area (Å²) in [5.74, 6) is -14.9. The highest BCUT2D eigenvalue weighted by Gasteiger charge is 2.23. The van der Waals surface area contributed by atoms with E-state index in [1.807, 2.05) is 5.32 Å². The smallest absolute Gasteiger partial charge is 0.328 e. The van der Waals surface area contributed by atoms with Crippen LogP contribution in [0.2, 0.25) is 0 Å². The van der Waals surface area contributed by atoms with Gasteiger partial charge in [0.05, 0.1) is 105 Å². The molecule has 396 valence electrons. The lowest BCUT2D eigenvalue weighted by molar-refractivity contribution is -0.143. The summed E-state index contributed by atoms with van der Waals surface area (Å²) in [5.41, 5.74) is 5.07. The summed E-state index contributed by atoms with van der Waals surface area (Å²) >= 11 is 0. The zero-order chi connectivity index (χ0) is 53.9. The van der Waals surface area contributed by atoms with Crippen molar-refractivity contribution >= 4 is 94.6 Å². The van der Waals surface area contributed by atoms with Crippen LogP contribution >= 0.6 is 0 Å². The summed E-state index contributed by atoms with van der Waals surface area (Å²) in [5, 5.41) is 68.1. The SMILES string of the molecule is NCC(=O)NCC(=O)NCC(=O)NCC(=O)NCC(=O)N[C@@H](CO)C(=O)NCC(=O)NCC(=O)NCC(=O)NCC(=O)N[C@@H](CO)C(=O)NCC(=O)NCC(=O)NCC(=O)NCC(=O)N[C@@H](CO)C(=O)O. The fourth-order valence-corrected chi connectivity index (χ4v) is 4.31. The van der Waals surface area contributed by atoms with Crippen molar-refractivity contribution in [2.75, 3.05) is 105 Å². The zero-order valence-electron chi connectivity index (χ0n) is 37.4. The Hall–Kier alpha value is -8.64. The third-order valence-electron chi connectivity index (χ3n) is 7.98. The number of carboxylic acids is 1. The fraction of sp³-hybridized carbons (Fsp3) is 0.543. The van der Waals surface area contributed by atoms with E-state index in [-0.39, 0.29) is 6.54 Å². The highest BCUT2D eigenvalue weighted by atomic mass is 16.4. The van der Waals surface area contributed by atoms with Gasteiger partial charge in [-0.2, -0.15) is 0 Å². The second-order valence-corrected chi connectivity index (χ2v) is 13.7. The van der Waals surface area contributed by atoms with E-state index in [0.717, 1.165) is 0 Å². The Kier molecular flexibility index (Phi) is 31.2.